The number of thiophene rings is 1. The van der Waals surface area contributed by atoms with Crippen LogP contribution in [0, 0.1) is 0 Å². The number of hydrogen-bond acceptors (Lipinski definition) is 3. The maximum Gasteiger partial charge on any atom is 0.123 e. The van der Waals surface area contributed by atoms with Gasteiger partial charge in [-0.25, -0.2) is 0 Å². The fraction of sp³-hybridized carbons (Fsp3) is 0.375. The second-order valence-electron chi connectivity index (χ2n) is 4.57. The van der Waals surface area contributed by atoms with Crippen molar-refractivity contribution in [3.63, 3.8) is 0 Å². The molecule has 1 heterocycles. The molecule has 2 aromatic rings. The predicted octanol–water partition coefficient (Wildman–Crippen LogP) is 4.17. The van der Waals surface area contributed by atoms with E-state index in [0.717, 1.165) is 18.7 Å². The molecule has 0 fully saturated rings. The second kappa shape index (κ2) is 6.73. The molecule has 0 amide bonds. The lowest BCUT2D eigenvalue weighted by Gasteiger charge is -2.16. The van der Waals surface area contributed by atoms with Gasteiger partial charge in [0.1, 0.15) is 5.75 Å². The van der Waals surface area contributed by atoms with E-state index in [4.69, 9.17) is 4.74 Å². The van der Waals surface area contributed by atoms with Crippen molar-refractivity contribution in [1.29, 1.82) is 0 Å². The molecular formula is C16H21NOS. The van der Waals surface area contributed by atoms with Gasteiger partial charge in [0.2, 0.25) is 0 Å². The number of aryl methyl sites for hydroxylation is 1. The molecule has 3 heteroatoms. The number of ether oxygens (including phenoxy) is 1. The SMILES string of the molecule is CCc1ccc(CN[C@H](C)c2ccccc2OC)s1. The molecule has 1 aromatic heterocycles. The first-order valence-electron chi connectivity index (χ1n) is 6.68. The lowest BCUT2D eigenvalue weighted by atomic mass is 10.1. The monoisotopic (exact) mass is 275 g/mol. The van der Waals surface area contributed by atoms with Crippen molar-refractivity contribution in [3.05, 3.63) is 51.7 Å². The van der Waals surface area contributed by atoms with Crippen LogP contribution >= 0.6 is 11.3 Å². The number of para-hydroxylation sites is 1. The Morgan fingerprint density at radius 3 is 2.58 bits per heavy atom. The quantitative estimate of drug-likeness (QED) is 0.854. The van der Waals surface area contributed by atoms with Crippen LogP contribution in [0.1, 0.15) is 35.2 Å². The van der Waals surface area contributed by atoms with Crippen molar-refractivity contribution in [2.24, 2.45) is 0 Å². The summed E-state index contributed by atoms with van der Waals surface area (Å²) >= 11 is 1.89. The topological polar surface area (TPSA) is 21.3 Å². The van der Waals surface area contributed by atoms with Gasteiger partial charge in [-0.2, -0.15) is 0 Å². The molecule has 0 aliphatic carbocycles. The largest absolute Gasteiger partial charge is 0.496 e. The molecular weight excluding hydrogens is 254 g/mol. The molecule has 0 saturated heterocycles. The highest BCUT2D eigenvalue weighted by molar-refractivity contribution is 7.11. The van der Waals surface area contributed by atoms with Crippen molar-refractivity contribution >= 4 is 11.3 Å². The Labute approximate surface area is 119 Å². The molecule has 0 aliphatic heterocycles. The van der Waals surface area contributed by atoms with Gasteiger partial charge in [-0.15, -0.1) is 11.3 Å². The minimum atomic E-state index is 0.281. The third-order valence-electron chi connectivity index (χ3n) is 3.25. The molecule has 2 rings (SSSR count). The Hall–Kier alpha value is -1.32. The van der Waals surface area contributed by atoms with E-state index in [2.05, 4.69) is 43.4 Å². The zero-order valence-electron chi connectivity index (χ0n) is 11.8. The second-order valence-corrected chi connectivity index (χ2v) is 5.82. The van der Waals surface area contributed by atoms with Gasteiger partial charge in [0, 0.05) is 27.9 Å². The van der Waals surface area contributed by atoms with E-state index in [9.17, 15) is 0 Å². The highest BCUT2D eigenvalue weighted by Gasteiger charge is 2.10. The first-order valence-corrected chi connectivity index (χ1v) is 7.50. The van der Waals surface area contributed by atoms with Crippen LogP contribution in [0.2, 0.25) is 0 Å². The molecule has 0 saturated carbocycles. The Bertz CT molecular complexity index is 521. The van der Waals surface area contributed by atoms with Crippen LogP contribution in [-0.2, 0) is 13.0 Å². The summed E-state index contributed by atoms with van der Waals surface area (Å²) in [5, 5.41) is 3.56. The summed E-state index contributed by atoms with van der Waals surface area (Å²) in [6.45, 7) is 5.27. The molecule has 1 aromatic carbocycles. The Morgan fingerprint density at radius 2 is 1.89 bits per heavy atom. The highest BCUT2D eigenvalue weighted by Crippen LogP contribution is 2.25. The minimum absolute atomic E-state index is 0.281. The molecule has 0 spiro atoms. The Kier molecular flexibility index (Phi) is 5.00. The predicted molar refractivity (Wildman–Crippen MR) is 81.9 cm³/mol. The van der Waals surface area contributed by atoms with Crippen LogP contribution in [0.25, 0.3) is 0 Å². The first-order chi connectivity index (χ1) is 9.24. The van der Waals surface area contributed by atoms with E-state index in [1.54, 1.807) is 7.11 Å². The third kappa shape index (κ3) is 3.58. The van der Waals surface area contributed by atoms with Crippen LogP contribution in [0.15, 0.2) is 36.4 Å². The van der Waals surface area contributed by atoms with Gasteiger partial charge >= 0.3 is 0 Å². The van der Waals surface area contributed by atoms with Crippen molar-refractivity contribution in [2.75, 3.05) is 7.11 Å². The van der Waals surface area contributed by atoms with Crippen LogP contribution in [-0.4, -0.2) is 7.11 Å². The standard InChI is InChI=1S/C16H21NOS/c1-4-13-9-10-14(19-13)11-17-12(2)15-7-5-6-8-16(15)18-3/h5-10,12,17H,4,11H2,1-3H3/t12-/m1/s1. The molecule has 0 bridgehead atoms. The summed E-state index contributed by atoms with van der Waals surface area (Å²) in [5.74, 6) is 0.947. The van der Waals surface area contributed by atoms with E-state index >= 15 is 0 Å². The molecule has 1 atom stereocenters. The van der Waals surface area contributed by atoms with Gasteiger partial charge in [-0.05, 0) is 31.5 Å². The number of rotatable bonds is 6. The minimum Gasteiger partial charge on any atom is -0.496 e. The molecule has 0 radical (unpaired) electrons. The number of nitrogens with one attached hydrogen (secondary N) is 1. The smallest absolute Gasteiger partial charge is 0.123 e. The van der Waals surface area contributed by atoms with Crippen LogP contribution in [0.5, 0.6) is 5.75 Å². The van der Waals surface area contributed by atoms with Gasteiger partial charge in [0.25, 0.3) is 0 Å². The molecule has 1 N–H and O–H groups in total. The fourth-order valence-electron chi connectivity index (χ4n) is 2.10. The molecule has 0 aliphatic rings. The van der Waals surface area contributed by atoms with Crippen molar-refractivity contribution in [3.8, 4) is 5.75 Å². The summed E-state index contributed by atoms with van der Waals surface area (Å²) in [6, 6.07) is 12.9. The van der Waals surface area contributed by atoms with E-state index < -0.39 is 0 Å². The molecule has 0 unspecified atom stereocenters. The van der Waals surface area contributed by atoms with Crippen LogP contribution < -0.4 is 10.1 Å². The summed E-state index contributed by atoms with van der Waals surface area (Å²) in [6.07, 6.45) is 1.12. The lowest BCUT2D eigenvalue weighted by Crippen LogP contribution is -2.18. The Balaban J connectivity index is 1.98. The summed E-state index contributed by atoms with van der Waals surface area (Å²) in [7, 11) is 1.72. The highest BCUT2D eigenvalue weighted by atomic mass is 32.1. The van der Waals surface area contributed by atoms with E-state index in [0.29, 0.717) is 0 Å². The van der Waals surface area contributed by atoms with Crippen LogP contribution in [0.3, 0.4) is 0 Å². The van der Waals surface area contributed by atoms with Gasteiger partial charge in [0.15, 0.2) is 0 Å². The van der Waals surface area contributed by atoms with Crippen molar-refractivity contribution in [1.82, 2.24) is 5.32 Å². The van der Waals surface area contributed by atoms with Gasteiger partial charge in [0.05, 0.1) is 7.11 Å². The zero-order chi connectivity index (χ0) is 13.7. The number of methoxy groups -OCH3 is 1. The van der Waals surface area contributed by atoms with Crippen LogP contribution in [0.4, 0.5) is 0 Å². The zero-order valence-corrected chi connectivity index (χ0v) is 12.6. The van der Waals surface area contributed by atoms with E-state index in [1.807, 2.05) is 23.5 Å². The number of benzene rings is 1. The third-order valence-corrected chi connectivity index (χ3v) is 4.48. The van der Waals surface area contributed by atoms with Crippen molar-refractivity contribution in [2.45, 2.75) is 32.9 Å². The van der Waals surface area contributed by atoms with E-state index in [1.165, 1.54) is 15.3 Å². The Morgan fingerprint density at radius 1 is 1.16 bits per heavy atom. The average Bonchev–Trinajstić information content (AvgIpc) is 2.92. The molecule has 19 heavy (non-hydrogen) atoms. The van der Waals surface area contributed by atoms with Gasteiger partial charge in [-0.3, -0.25) is 0 Å². The normalized spacial score (nSPS) is 12.4. The summed E-state index contributed by atoms with van der Waals surface area (Å²) in [4.78, 5) is 2.83. The van der Waals surface area contributed by atoms with Gasteiger partial charge < -0.3 is 10.1 Å². The summed E-state index contributed by atoms with van der Waals surface area (Å²) < 4.78 is 5.40. The molecule has 2 nitrogen and oxygen atoms in total. The average molecular weight is 275 g/mol. The van der Waals surface area contributed by atoms with E-state index in [-0.39, 0.29) is 6.04 Å². The fourth-order valence-corrected chi connectivity index (χ4v) is 3.00. The molecule has 102 valence electrons. The first kappa shape index (κ1) is 14.1. The maximum absolute atomic E-state index is 5.40. The van der Waals surface area contributed by atoms with Gasteiger partial charge in [-0.1, -0.05) is 25.1 Å². The number of hydrogen-bond donors (Lipinski definition) is 1. The lowest BCUT2D eigenvalue weighted by molar-refractivity contribution is 0.401. The van der Waals surface area contributed by atoms with Crippen molar-refractivity contribution < 1.29 is 4.74 Å². The maximum atomic E-state index is 5.40. The summed E-state index contributed by atoms with van der Waals surface area (Å²) in [5.41, 5.74) is 1.21.